The van der Waals surface area contributed by atoms with E-state index in [0.717, 1.165) is 23.8 Å². The summed E-state index contributed by atoms with van der Waals surface area (Å²) in [5.74, 6) is -1.83. The molecule has 160 valence electrons. The topological polar surface area (TPSA) is 111 Å². The molecule has 0 aliphatic rings. The summed E-state index contributed by atoms with van der Waals surface area (Å²) in [4.78, 5) is 4.20. The van der Waals surface area contributed by atoms with E-state index in [1.807, 2.05) is 30.3 Å². The Hall–Kier alpha value is -3.44. The quantitative estimate of drug-likeness (QED) is 0.430. The van der Waals surface area contributed by atoms with Gasteiger partial charge in [0.2, 0.25) is 5.82 Å². The van der Waals surface area contributed by atoms with Gasteiger partial charge in [0.1, 0.15) is 11.6 Å². The standard InChI is InChI=1S/C20H16F2N4O4S/c21-14-7-8-17(22)15(11-14)19-24-20(30-25-19)16-12-23-26(9-4-10-31(27,28)29)18(16)13-5-2-1-3-6-13/h1-3,5-8,11-12H,4,9-10H2,(H,27,28,29). The molecule has 11 heteroatoms. The second-order valence-electron chi connectivity index (χ2n) is 6.68. The van der Waals surface area contributed by atoms with Crippen molar-refractivity contribution in [2.75, 3.05) is 5.75 Å². The second-order valence-corrected chi connectivity index (χ2v) is 8.25. The maximum Gasteiger partial charge on any atom is 0.264 e. The number of benzene rings is 2. The summed E-state index contributed by atoms with van der Waals surface area (Å²) in [6, 6.07) is 12.0. The van der Waals surface area contributed by atoms with Gasteiger partial charge in [0.25, 0.3) is 16.0 Å². The summed E-state index contributed by atoms with van der Waals surface area (Å²) in [6.45, 7) is 0.198. The Kier molecular flexibility index (Phi) is 5.61. The van der Waals surface area contributed by atoms with Crippen molar-refractivity contribution >= 4 is 10.1 Å². The molecule has 8 nitrogen and oxygen atoms in total. The molecule has 0 amide bonds. The third kappa shape index (κ3) is 4.67. The molecule has 0 radical (unpaired) electrons. The highest BCUT2D eigenvalue weighted by atomic mass is 32.2. The van der Waals surface area contributed by atoms with E-state index in [-0.39, 0.29) is 30.2 Å². The Labute approximate surface area is 175 Å². The van der Waals surface area contributed by atoms with Crippen LogP contribution in [0.15, 0.2) is 59.3 Å². The highest BCUT2D eigenvalue weighted by molar-refractivity contribution is 7.85. The lowest BCUT2D eigenvalue weighted by atomic mass is 10.1. The summed E-state index contributed by atoms with van der Waals surface area (Å²) in [6.07, 6.45) is 1.60. The molecule has 2 aromatic carbocycles. The minimum absolute atomic E-state index is 0.0403. The molecule has 0 saturated heterocycles. The van der Waals surface area contributed by atoms with Gasteiger partial charge in [0, 0.05) is 12.1 Å². The molecular formula is C20H16F2N4O4S. The molecule has 31 heavy (non-hydrogen) atoms. The fourth-order valence-electron chi connectivity index (χ4n) is 3.12. The fourth-order valence-corrected chi connectivity index (χ4v) is 3.61. The highest BCUT2D eigenvalue weighted by Crippen LogP contribution is 2.33. The van der Waals surface area contributed by atoms with Crippen molar-refractivity contribution in [3.05, 3.63) is 66.4 Å². The van der Waals surface area contributed by atoms with Crippen molar-refractivity contribution < 1.29 is 26.3 Å². The molecular weight excluding hydrogens is 430 g/mol. The first kappa shape index (κ1) is 20.8. The third-order valence-corrected chi connectivity index (χ3v) is 5.29. The van der Waals surface area contributed by atoms with E-state index in [9.17, 15) is 17.2 Å². The van der Waals surface area contributed by atoms with Crippen molar-refractivity contribution in [3.63, 3.8) is 0 Å². The number of halogens is 2. The zero-order chi connectivity index (χ0) is 22.0. The van der Waals surface area contributed by atoms with Crippen molar-refractivity contribution in [3.8, 4) is 34.1 Å². The van der Waals surface area contributed by atoms with Crippen LogP contribution in [0.3, 0.4) is 0 Å². The van der Waals surface area contributed by atoms with Gasteiger partial charge in [-0.2, -0.15) is 18.5 Å². The molecule has 1 N–H and O–H groups in total. The van der Waals surface area contributed by atoms with Crippen LogP contribution in [0.5, 0.6) is 0 Å². The van der Waals surface area contributed by atoms with Crippen LogP contribution in [0.2, 0.25) is 0 Å². The largest absolute Gasteiger partial charge is 0.333 e. The van der Waals surface area contributed by atoms with Crippen LogP contribution in [-0.2, 0) is 16.7 Å². The summed E-state index contributed by atoms with van der Waals surface area (Å²) < 4.78 is 65.5. The number of rotatable bonds is 7. The average Bonchev–Trinajstić information content (AvgIpc) is 3.37. The maximum atomic E-state index is 14.1. The number of nitrogens with zero attached hydrogens (tertiary/aromatic N) is 4. The second kappa shape index (κ2) is 8.36. The third-order valence-electron chi connectivity index (χ3n) is 4.48. The predicted octanol–water partition coefficient (Wildman–Crippen LogP) is 3.82. The minimum atomic E-state index is -4.10. The summed E-state index contributed by atoms with van der Waals surface area (Å²) >= 11 is 0. The van der Waals surface area contributed by atoms with Crippen LogP contribution in [0, 0.1) is 11.6 Å². The van der Waals surface area contributed by atoms with E-state index in [1.165, 1.54) is 6.20 Å². The van der Waals surface area contributed by atoms with E-state index >= 15 is 0 Å². The molecule has 0 unspecified atom stereocenters. The van der Waals surface area contributed by atoms with E-state index in [4.69, 9.17) is 9.08 Å². The number of aryl methyl sites for hydroxylation is 1. The smallest absolute Gasteiger partial charge is 0.264 e. The zero-order valence-electron chi connectivity index (χ0n) is 15.9. The summed E-state index contributed by atoms with van der Waals surface area (Å²) in [5.41, 5.74) is 1.62. The van der Waals surface area contributed by atoms with Crippen molar-refractivity contribution in [1.29, 1.82) is 0 Å². The molecule has 2 heterocycles. The SMILES string of the molecule is O=S(=O)(O)CCCn1ncc(-c2nc(-c3cc(F)ccc3F)no2)c1-c1ccccc1. The van der Waals surface area contributed by atoms with E-state index in [0.29, 0.717) is 11.3 Å². The molecule has 2 aromatic heterocycles. The monoisotopic (exact) mass is 446 g/mol. The van der Waals surface area contributed by atoms with Crippen molar-refractivity contribution in [2.24, 2.45) is 0 Å². The first-order valence-electron chi connectivity index (χ1n) is 9.18. The van der Waals surface area contributed by atoms with Crippen LogP contribution < -0.4 is 0 Å². The molecule has 0 fully saturated rings. The molecule has 4 rings (SSSR count). The summed E-state index contributed by atoms with van der Waals surface area (Å²) in [5, 5.41) is 8.04. The predicted molar refractivity (Wildman–Crippen MR) is 107 cm³/mol. The Morgan fingerprint density at radius 1 is 1.06 bits per heavy atom. The number of hydrogen-bond donors (Lipinski definition) is 1. The molecule has 0 saturated carbocycles. The van der Waals surface area contributed by atoms with Gasteiger partial charge >= 0.3 is 0 Å². The molecule has 0 spiro atoms. The van der Waals surface area contributed by atoms with Gasteiger partial charge in [-0.3, -0.25) is 9.23 Å². The lowest BCUT2D eigenvalue weighted by Gasteiger charge is -2.08. The van der Waals surface area contributed by atoms with E-state index in [2.05, 4.69) is 15.2 Å². The van der Waals surface area contributed by atoms with Crippen LogP contribution in [-0.4, -0.2) is 38.6 Å². The van der Waals surface area contributed by atoms with Crippen LogP contribution >= 0.6 is 0 Å². The average molecular weight is 446 g/mol. The van der Waals surface area contributed by atoms with Gasteiger partial charge < -0.3 is 4.52 Å². The number of aromatic nitrogens is 4. The van der Waals surface area contributed by atoms with Crippen LogP contribution in [0.1, 0.15) is 6.42 Å². The number of hydrogen-bond acceptors (Lipinski definition) is 6. The lowest BCUT2D eigenvalue weighted by Crippen LogP contribution is -2.09. The Morgan fingerprint density at radius 3 is 2.58 bits per heavy atom. The van der Waals surface area contributed by atoms with Gasteiger partial charge in [0.05, 0.1) is 28.8 Å². The van der Waals surface area contributed by atoms with Gasteiger partial charge in [0.15, 0.2) is 0 Å². The summed E-state index contributed by atoms with van der Waals surface area (Å²) in [7, 11) is -4.10. The Balaban J connectivity index is 1.73. The van der Waals surface area contributed by atoms with Crippen molar-refractivity contribution in [1.82, 2.24) is 19.9 Å². The first-order chi connectivity index (χ1) is 14.8. The van der Waals surface area contributed by atoms with Gasteiger partial charge in [-0.15, -0.1) is 0 Å². The molecule has 4 aromatic rings. The van der Waals surface area contributed by atoms with Crippen molar-refractivity contribution in [2.45, 2.75) is 13.0 Å². The van der Waals surface area contributed by atoms with Crippen LogP contribution in [0.4, 0.5) is 8.78 Å². The molecule has 0 aliphatic heterocycles. The van der Waals surface area contributed by atoms with Gasteiger partial charge in [-0.05, 0) is 24.6 Å². The first-order valence-corrected chi connectivity index (χ1v) is 10.8. The fraction of sp³-hybridized carbons (Fsp3) is 0.150. The van der Waals surface area contributed by atoms with E-state index in [1.54, 1.807) is 4.68 Å². The molecule has 0 bridgehead atoms. The lowest BCUT2D eigenvalue weighted by molar-refractivity contribution is 0.432. The molecule has 0 atom stereocenters. The normalized spacial score (nSPS) is 11.7. The Bertz CT molecular complexity index is 1320. The highest BCUT2D eigenvalue weighted by Gasteiger charge is 2.21. The maximum absolute atomic E-state index is 14.1. The van der Waals surface area contributed by atoms with Gasteiger partial charge in [-0.25, -0.2) is 8.78 Å². The minimum Gasteiger partial charge on any atom is -0.333 e. The zero-order valence-corrected chi connectivity index (χ0v) is 16.8. The van der Waals surface area contributed by atoms with Crippen LogP contribution in [0.25, 0.3) is 34.1 Å². The molecule has 0 aliphatic carbocycles. The van der Waals surface area contributed by atoms with Gasteiger partial charge in [-0.1, -0.05) is 35.5 Å². The van der Waals surface area contributed by atoms with E-state index < -0.39 is 27.5 Å². The Morgan fingerprint density at radius 2 is 1.84 bits per heavy atom.